The van der Waals surface area contributed by atoms with Gasteiger partial charge in [-0.25, -0.2) is 0 Å². The lowest BCUT2D eigenvalue weighted by molar-refractivity contribution is -0.239. The molecule has 0 aromatic rings. The fraction of sp³-hybridized carbons (Fsp3) is 0.917. The van der Waals surface area contributed by atoms with Crippen molar-refractivity contribution in [3.8, 4) is 0 Å². The van der Waals surface area contributed by atoms with E-state index in [4.69, 9.17) is 14.2 Å². The lowest BCUT2D eigenvalue weighted by Gasteiger charge is -2.63. The quantitative estimate of drug-likeness (QED) is 0.652. The molecule has 31 heavy (non-hydrogen) atoms. The first-order valence-electron chi connectivity index (χ1n) is 11.9. The zero-order chi connectivity index (χ0) is 22.2. The van der Waals surface area contributed by atoms with Gasteiger partial charge in [0.1, 0.15) is 6.61 Å². The molecular formula is C24H36O7. The SMILES string of the molecule is COC1OC23CCC4(O)CC(O)CCC14C2CCC1(C)C3CC[C@H]1C(=O)COC(C)=O. The smallest absolute Gasteiger partial charge is 0.303 e. The van der Waals surface area contributed by atoms with Gasteiger partial charge in [-0.15, -0.1) is 0 Å². The number of fused-ring (bicyclic) bond motifs is 1. The predicted molar refractivity (Wildman–Crippen MR) is 110 cm³/mol. The number of aliphatic hydroxyl groups excluding tert-OH is 1. The average Bonchev–Trinajstić information content (AvgIpc) is 3.18. The molecule has 2 N–H and O–H groups in total. The lowest BCUT2D eigenvalue weighted by Crippen LogP contribution is -2.67. The number of aliphatic hydroxyl groups is 2. The molecule has 9 atom stereocenters. The van der Waals surface area contributed by atoms with Crippen molar-refractivity contribution in [3.63, 3.8) is 0 Å². The first-order valence-corrected chi connectivity index (χ1v) is 11.9. The molecule has 1 heterocycles. The minimum absolute atomic E-state index is 0.0131. The normalized spacial score (nSPS) is 52.7. The Hall–Kier alpha value is -1.02. The van der Waals surface area contributed by atoms with Crippen LogP contribution in [0.2, 0.25) is 0 Å². The maximum atomic E-state index is 13.0. The van der Waals surface area contributed by atoms with Crippen LogP contribution in [0.3, 0.4) is 0 Å². The first-order chi connectivity index (χ1) is 14.6. The Morgan fingerprint density at radius 2 is 1.84 bits per heavy atom. The van der Waals surface area contributed by atoms with Crippen LogP contribution in [0, 0.1) is 28.6 Å². The van der Waals surface area contributed by atoms with E-state index in [1.54, 1.807) is 7.11 Å². The van der Waals surface area contributed by atoms with Crippen molar-refractivity contribution in [2.24, 2.45) is 28.6 Å². The van der Waals surface area contributed by atoms with Crippen LogP contribution < -0.4 is 0 Å². The molecule has 8 unspecified atom stereocenters. The number of methoxy groups -OCH3 is 1. The summed E-state index contributed by atoms with van der Waals surface area (Å²) in [6, 6.07) is 0. The van der Waals surface area contributed by atoms with Gasteiger partial charge in [0.05, 0.1) is 22.7 Å². The third-order valence-electron chi connectivity index (χ3n) is 10.1. The fourth-order valence-corrected chi connectivity index (χ4v) is 9.02. The Labute approximate surface area is 183 Å². The molecule has 4 saturated carbocycles. The van der Waals surface area contributed by atoms with Crippen molar-refractivity contribution >= 4 is 11.8 Å². The molecule has 4 aliphatic carbocycles. The number of hydrogen-bond acceptors (Lipinski definition) is 7. The van der Waals surface area contributed by atoms with Crippen LogP contribution in [0.25, 0.3) is 0 Å². The number of ether oxygens (including phenoxy) is 3. The minimum atomic E-state index is -0.979. The Balaban J connectivity index is 1.50. The molecule has 1 spiro atoms. The van der Waals surface area contributed by atoms with Crippen LogP contribution >= 0.6 is 0 Å². The van der Waals surface area contributed by atoms with Gasteiger partial charge in [0.15, 0.2) is 12.1 Å². The highest BCUT2D eigenvalue weighted by Crippen LogP contribution is 2.75. The van der Waals surface area contributed by atoms with Gasteiger partial charge in [0.2, 0.25) is 0 Å². The second-order valence-electron chi connectivity index (χ2n) is 11.1. The van der Waals surface area contributed by atoms with Crippen LogP contribution in [-0.4, -0.2) is 59.3 Å². The maximum absolute atomic E-state index is 13.0. The summed E-state index contributed by atoms with van der Waals surface area (Å²) in [6.45, 7) is 3.40. The van der Waals surface area contributed by atoms with Crippen LogP contribution in [0.1, 0.15) is 71.6 Å². The number of hydrogen-bond donors (Lipinski definition) is 2. The summed E-state index contributed by atoms with van der Waals surface area (Å²) >= 11 is 0. The molecule has 174 valence electrons. The van der Waals surface area contributed by atoms with E-state index in [1.807, 2.05) is 0 Å². The fourth-order valence-electron chi connectivity index (χ4n) is 9.02. The molecule has 0 amide bonds. The van der Waals surface area contributed by atoms with Crippen LogP contribution in [-0.2, 0) is 23.8 Å². The first kappa shape index (κ1) is 21.8. The van der Waals surface area contributed by atoms with Crippen molar-refractivity contribution in [2.45, 2.75) is 95.2 Å². The van der Waals surface area contributed by atoms with Gasteiger partial charge < -0.3 is 24.4 Å². The molecular weight excluding hydrogens is 400 g/mol. The topological polar surface area (TPSA) is 102 Å². The summed E-state index contributed by atoms with van der Waals surface area (Å²) in [5.41, 5.74) is -2.09. The van der Waals surface area contributed by atoms with E-state index >= 15 is 0 Å². The van der Waals surface area contributed by atoms with Gasteiger partial charge in [-0.1, -0.05) is 6.92 Å². The molecule has 2 bridgehead atoms. The number of ketones is 1. The summed E-state index contributed by atoms with van der Waals surface area (Å²) in [5, 5.41) is 22.2. The van der Waals surface area contributed by atoms with Crippen molar-refractivity contribution in [3.05, 3.63) is 0 Å². The van der Waals surface area contributed by atoms with Crippen LogP contribution in [0.5, 0.6) is 0 Å². The van der Waals surface area contributed by atoms with Crippen LogP contribution in [0.15, 0.2) is 0 Å². The summed E-state index contributed by atoms with van der Waals surface area (Å²) in [4.78, 5) is 24.2. The Morgan fingerprint density at radius 3 is 2.55 bits per heavy atom. The summed E-state index contributed by atoms with van der Waals surface area (Å²) < 4.78 is 17.8. The van der Waals surface area contributed by atoms with Crippen molar-refractivity contribution in [1.29, 1.82) is 0 Å². The van der Waals surface area contributed by atoms with Crippen molar-refractivity contribution in [1.82, 2.24) is 0 Å². The van der Waals surface area contributed by atoms with E-state index in [9.17, 15) is 19.8 Å². The molecule has 7 nitrogen and oxygen atoms in total. The number of carbonyl (C=O) groups excluding carboxylic acids is 2. The van der Waals surface area contributed by atoms with Gasteiger partial charge >= 0.3 is 5.97 Å². The third kappa shape index (κ3) is 2.66. The van der Waals surface area contributed by atoms with E-state index in [2.05, 4.69) is 6.92 Å². The number of carbonyl (C=O) groups is 2. The molecule has 7 heteroatoms. The van der Waals surface area contributed by atoms with E-state index < -0.39 is 35.0 Å². The maximum Gasteiger partial charge on any atom is 0.303 e. The van der Waals surface area contributed by atoms with Crippen molar-refractivity contribution in [2.75, 3.05) is 13.7 Å². The lowest BCUT2D eigenvalue weighted by atomic mass is 9.42. The second-order valence-corrected chi connectivity index (χ2v) is 11.1. The highest BCUT2D eigenvalue weighted by Gasteiger charge is 2.79. The molecule has 5 aliphatic rings. The van der Waals surface area contributed by atoms with Gasteiger partial charge in [-0.2, -0.15) is 0 Å². The van der Waals surface area contributed by atoms with E-state index in [1.165, 1.54) is 6.92 Å². The minimum Gasteiger partial charge on any atom is -0.458 e. The Morgan fingerprint density at radius 1 is 1.06 bits per heavy atom. The predicted octanol–water partition coefficient (Wildman–Crippen LogP) is 2.36. The average molecular weight is 437 g/mol. The standard InChI is InChI=1S/C24H36O7/c1-14(25)30-13-17(27)16-4-5-18-21(16,2)8-7-19-23-9-6-15(26)12-22(23,28)10-11-24(18,19)31-20(23)29-3/h15-16,18-20,26,28H,4-13H2,1-3H3/t15?,16-,18?,19?,20?,21?,22?,23?,24?/m0/s1. The molecule has 1 saturated heterocycles. The van der Waals surface area contributed by atoms with Gasteiger partial charge in [0.25, 0.3) is 0 Å². The van der Waals surface area contributed by atoms with E-state index in [-0.39, 0.29) is 35.6 Å². The van der Waals surface area contributed by atoms with E-state index in [0.717, 1.165) is 32.1 Å². The van der Waals surface area contributed by atoms with Gasteiger partial charge in [-0.05, 0) is 62.7 Å². The van der Waals surface area contributed by atoms with Crippen molar-refractivity contribution < 1.29 is 34.0 Å². The highest BCUT2D eigenvalue weighted by atomic mass is 16.7. The Bertz CT molecular complexity index is 784. The molecule has 0 aromatic heterocycles. The highest BCUT2D eigenvalue weighted by molar-refractivity contribution is 5.85. The molecule has 0 aromatic carbocycles. The van der Waals surface area contributed by atoms with Gasteiger partial charge in [-0.3, -0.25) is 9.59 Å². The largest absolute Gasteiger partial charge is 0.458 e. The number of Topliss-reactive ketones (excluding diaryl/α,β-unsaturated/α-hetero) is 1. The van der Waals surface area contributed by atoms with E-state index in [0.29, 0.717) is 25.7 Å². The molecule has 0 radical (unpaired) electrons. The summed E-state index contributed by atoms with van der Waals surface area (Å²) in [7, 11) is 1.66. The van der Waals surface area contributed by atoms with Crippen LogP contribution in [0.4, 0.5) is 0 Å². The number of esters is 1. The number of rotatable bonds is 4. The molecule has 1 aliphatic heterocycles. The van der Waals surface area contributed by atoms with Gasteiger partial charge in [0, 0.05) is 32.3 Å². The Kier molecular flexibility index (Phi) is 4.92. The zero-order valence-corrected chi connectivity index (χ0v) is 18.9. The monoisotopic (exact) mass is 436 g/mol. The molecule has 5 rings (SSSR count). The molecule has 5 fully saturated rings. The third-order valence-corrected chi connectivity index (χ3v) is 10.1. The second kappa shape index (κ2) is 6.99. The zero-order valence-electron chi connectivity index (χ0n) is 18.9. The summed E-state index contributed by atoms with van der Waals surface area (Å²) in [5.74, 6) is -0.179. The summed E-state index contributed by atoms with van der Waals surface area (Å²) in [6.07, 6.45) is 5.55.